The summed E-state index contributed by atoms with van der Waals surface area (Å²) >= 11 is 0. The molecule has 0 radical (unpaired) electrons. The van der Waals surface area contributed by atoms with E-state index < -0.39 is 0 Å². The summed E-state index contributed by atoms with van der Waals surface area (Å²) in [6.45, 7) is 8.85. The van der Waals surface area contributed by atoms with Crippen LogP contribution in [0.5, 0.6) is 0 Å². The van der Waals surface area contributed by atoms with Gasteiger partial charge in [0.1, 0.15) is 0 Å². The molecule has 1 fully saturated rings. The van der Waals surface area contributed by atoms with E-state index in [-0.39, 0.29) is 23.9 Å². The number of hydrogen-bond donors (Lipinski definition) is 2. The minimum Gasteiger partial charge on any atom is -0.352 e. The normalized spacial score (nSPS) is 20.1. The Hall–Kier alpha value is -1.89. The van der Waals surface area contributed by atoms with Gasteiger partial charge < -0.3 is 10.6 Å². The summed E-state index contributed by atoms with van der Waals surface area (Å²) in [7, 11) is 1.87. The quantitative estimate of drug-likeness (QED) is 0.866. The van der Waals surface area contributed by atoms with Gasteiger partial charge in [0, 0.05) is 26.6 Å². The van der Waals surface area contributed by atoms with Crippen LogP contribution in [0, 0.1) is 13.8 Å². The van der Waals surface area contributed by atoms with E-state index in [1.807, 2.05) is 27.8 Å². The van der Waals surface area contributed by atoms with Gasteiger partial charge in [0.15, 0.2) is 0 Å². The lowest BCUT2D eigenvalue weighted by Gasteiger charge is -2.36. The van der Waals surface area contributed by atoms with Crippen molar-refractivity contribution in [2.24, 2.45) is 7.05 Å². The molecular weight excluding hydrogens is 294 g/mol. The molecule has 1 aromatic rings. The van der Waals surface area contributed by atoms with Gasteiger partial charge in [-0.15, -0.1) is 0 Å². The van der Waals surface area contributed by atoms with Crippen LogP contribution in [0.25, 0.3) is 0 Å². The topological polar surface area (TPSA) is 79.3 Å². The molecule has 2 N–H and O–H groups in total. The molecular formula is C16H27N5O2. The molecule has 0 spiro atoms. The molecule has 1 saturated heterocycles. The second-order valence-electron chi connectivity index (χ2n) is 6.37. The number of aromatic nitrogens is 2. The molecule has 2 rings (SSSR count). The maximum absolute atomic E-state index is 12.6. The van der Waals surface area contributed by atoms with Crippen LogP contribution in [-0.4, -0.2) is 51.7 Å². The van der Waals surface area contributed by atoms with E-state index in [2.05, 4.69) is 20.6 Å². The van der Waals surface area contributed by atoms with E-state index in [9.17, 15) is 9.59 Å². The Labute approximate surface area is 137 Å². The van der Waals surface area contributed by atoms with Gasteiger partial charge in [-0.25, -0.2) is 0 Å². The number of carbonyl (C=O) groups excluding carboxylic acids is 2. The van der Waals surface area contributed by atoms with Crippen molar-refractivity contribution >= 4 is 17.5 Å². The van der Waals surface area contributed by atoms with Crippen LogP contribution in [0.15, 0.2) is 0 Å². The smallest absolute Gasteiger partial charge is 0.241 e. The summed E-state index contributed by atoms with van der Waals surface area (Å²) in [6.07, 6.45) is 1.94. The molecule has 7 heteroatoms. The van der Waals surface area contributed by atoms with Crippen LogP contribution in [-0.2, 0) is 16.6 Å². The summed E-state index contributed by atoms with van der Waals surface area (Å²) in [4.78, 5) is 25.9. The number of anilines is 1. The molecule has 0 aliphatic carbocycles. The van der Waals surface area contributed by atoms with Gasteiger partial charge in [-0.1, -0.05) is 0 Å². The van der Waals surface area contributed by atoms with Gasteiger partial charge in [-0.3, -0.25) is 19.2 Å². The SMILES string of the molecule is CC(=O)NC1CCCN(C(C)C(=O)Nc2c(C)nn(C)c2C)C1. The van der Waals surface area contributed by atoms with Gasteiger partial charge in [-0.2, -0.15) is 5.10 Å². The largest absolute Gasteiger partial charge is 0.352 e. The lowest BCUT2D eigenvalue weighted by Crippen LogP contribution is -2.52. The fraction of sp³-hybridized carbons (Fsp3) is 0.688. The Morgan fingerprint density at radius 2 is 2.04 bits per heavy atom. The molecule has 0 saturated carbocycles. The van der Waals surface area contributed by atoms with Crippen molar-refractivity contribution in [2.45, 2.75) is 52.6 Å². The average Bonchev–Trinajstić information content (AvgIpc) is 2.72. The zero-order valence-electron chi connectivity index (χ0n) is 14.6. The van der Waals surface area contributed by atoms with Crippen molar-refractivity contribution < 1.29 is 9.59 Å². The predicted octanol–water partition coefficient (Wildman–Crippen LogP) is 0.964. The Morgan fingerprint density at radius 3 is 2.61 bits per heavy atom. The summed E-state index contributed by atoms with van der Waals surface area (Å²) < 4.78 is 1.77. The molecule has 2 atom stereocenters. The van der Waals surface area contributed by atoms with Crippen molar-refractivity contribution in [3.63, 3.8) is 0 Å². The van der Waals surface area contributed by atoms with Crippen molar-refractivity contribution in [1.82, 2.24) is 20.0 Å². The number of likely N-dealkylation sites (tertiary alicyclic amines) is 1. The molecule has 0 bridgehead atoms. The minimum atomic E-state index is -0.245. The fourth-order valence-corrected chi connectivity index (χ4v) is 3.11. The van der Waals surface area contributed by atoms with E-state index in [1.165, 1.54) is 6.92 Å². The van der Waals surface area contributed by atoms with E-state index in [4.69, 9.17) is 0 Å². The second kappa shape index (κ2) is 7.12. The van der Waals surface area contributed by atoms with Crippen molar-refractivity contribution in [1.29, 1.82) is 0 Å². The highest BCUT2D eigenvalue weighted by Crippen LogP contribution is 2.20. The average molecular weight is 321 g/mol. The number of aryl methyl sites for hydroxylation is 2. The van der Waals surface area contributed by atoms with Gasteiger partial charge in [0.25, 0.3) is 0 Å². The zero-order valence-corrected chi connectivity index (χ0v) is 14.6. The van der Waals surface area contributed by atoms with Gasteiger partial charge in [0.2, 0.25) is 11.8 Å². The Morgan fingerprint density at radius 1 is 1.35 bits per heavy atom. The van der Waals surface area contributed by atoms with E-state index >= 15 is 0 Å². The number of hydrogen-bond acceptors (Lipinski definition) is 4. The Kier molecular flexibility index (Phi) is 5.41. The van der Waals surface area contributed by atoms with Crippen molar-refractivity contribution in [2.75, 3.05) is 18.4 Å². The monoisotopic (exact) mass is 321 g/mol. The molecule has 2 amide bonds. The molecule has 2 heterocycles. The van der Waals surface area contributed by atoms with Crippen LogP contribution in [0.1, 0.15) is 38.1 Å². The fourth-order valence-electron chi connectivity index (χ4n) is 3.11. The maximum Gasteiger partial charge on any atom is 0.241 e. The summed E-state index contributed by atoms with van der Waals surface area (Å²) in [6, 6.07) is -0.121. The Balaban J connectivity index is 2.00. The van der Waals surface area contributed by atoms with Crippen LogP contribution >= 0.6 is 0 Å². The van der Waals surface area contributed by atoms with Gasteiger partial charge in [-0.05, 0) is 40.2 Å². The van der Waals surface area contributed by atoms with Crippen LogP contribution in [0.2, 0.25) is 0 Å². The standard InChI is InChI=1S/C16H27N5O2/c1-10-15(11(2)20(5)19-10)18-16(23)12(3)21-8-6-7-14(9-21)17-13(4)22/h12,14H,6-9H2,1-5H3,(H,17,22)(H,18,23). The highest BCUT2D eigenvalue weighted by molar-refractivity contribution is 5.95. The van der Waals surface area contributed by atoms with Gasteiger partial charge >= 0.3 is 0 Å². The summed E-state index contributed by atoms with van der Waals surface area (Å²) in [5, 5.41) is 10.3. The van der Waals surface area contributed by atoms with E-state index in [0.29, 0.717) is 6.54 Å². The first-order valence-corrected chi connectivity index (χ1v) is 8.11. The summed E-state index contributed by atoms with van der Waals surface area (Å²) in [5.41, 5.74) is 2.55. The predicted molar refractivity (Wildman–Crippen MR) is 89.2 cm³/mol. The zero-order chi connectivity index (χ0) is 17.1. The van der Waals surface area contributed by atoms with Crippen LogP contribution in [0.4, 0.5) is 5.69 Å². The number of nitrogens with one attached hydrogen (secondary N) is 2. The number of nitrogens with zero attached hydrogens (tertiary/aromatic N) is 3. The highest BCUT2D eigenvalue weighted by Gasteiger charge is 2.28. The maximum atomic E-state index is 12.6. The van der Waals surface area contributed by atoms with E-state index in [1.54, 1.807) is 4.68 Å². The molecule has 1 aromatic heterocycles. The lowest BCUT2D eigenvalue weighted by atomic mass is 10.0. The number of amides is 2. The number of carbonyl (C=O) groups is 2. The molecule has 1 aliphatic rings. The van der Waals surface area contributed by atoms with Crippen molar-refractivity contribution in [3.05, 3.63) is 11.4 Å². The third-order valence-corrected chi connectivity index (χ3v) is 4.54. The first-order valence-electron chi connectivity index (χ1n) is 8.11. The molecule has 7 nitrogen and oxygen atoms in total. The number of rotatable bonds is 4. The number of piperidine rings is 1. The lowest BCUT2D eigenvalue weighted by molar-refractivity contribution is -0.121. The molecule has 0 aromatic carbocycles. The molecule has 128 valence electrons. The Bertz CT molecular complexity index is 596. The van der Waals surface area contributed by atoms with Crippen molar-refractivity contribution in [3.8, 4) is 0 Å². The molecule has 2 unspecified atom stereocenters. The second-order valence-corrected chi connectivity index (χ2v) is 6.37. The van der Waals surface area contributed by atoms with Crippen LogP contribution < -0.4 is 10.6 Å². The minimum absolute atomic E-state index is 0.0180. The third kappa shape index (κ3) is 4.10. The third-order valence-electron chi connectivity index (χ3n) is 4.54. The highest BCUT2D eigenvalue weighted by atomic mass is 16.2. The molecule has 23 heavy (non-hydrogen) atoms. The van der Waals surface area contributed by atoms with Gasteiger partial charge in [0.05, 0.1) is 23.1 Å². The van der Waals surface area contributed by atoms with E-state index in [0.717, 1.165) is 36.5 Å². The first kappa shape index (κ1) is 17.5. The van der Waals surface area contributed by atoms with Crippen LogP contribution in [0.3, 0.4) is 0 Å². The molecule has 1 aliphatic heterocycles. The summed E-state index contributed by atoms with van der Waals surface area (Å²) in [5.74, 6) is -0.0526. The first-order chi connectivity index (χ1) is 10.8.